The third-order valence-corrected chi connectivity index (χ3v) is 21.1. The van der Waals surface area contributed by atoms with Gasteiger partial charge in [0.2, 0.25) is 0 Å². The molecule has 4 aromatic carbocycles. The molecule has 4 saturated carbocycles. The maximum atomic E-state index is 16.7. The molecule has 394 valence electrons. The number of amidine groups is 4. The van der Waals surface area contributed by atoms with Gasteiger partial charge in [0.25, 0.3) is 0 Å². The van der Waals surface area contributed by atoms with Crippen molar-refractivity contribution in [1.29, 1.82) is 0 Å². The summed E-state index contributed by atoms with van der Waals surface area (Å²) < 4.78 is 19.2. The number of aliphatic imine (C=N–C) groups is 4. The highest BCUT2D eigenvalue weighted by atomic mass is 35.5. The van der Waals surface area contributed by atoms with Crippen molar-refractivity contribution in [2.45, 2.75) is 153 Å². The minimum absolute atomic E-state index is 0.104. The highest BCUT2D eigenvalue weighted by molar-refractivity contribution is 6.69. The van der Waals surface area contributed by atoms with Crippen molar-refractivity contribution >= 4 is 124 Å². The first-order chi connectivity index (χ1) is 37.6. The van der Waals surface area contributed by atoms with E-state index in [1.54, 1.807) is 32.7 Å². The van der Waals surface area contributed by atoms with Crippen molar-refractivity contribution in [3.63, 3.8) is 0 Å². The predicted molar refractivity (Wildman–Crippen MR) is 305 cm³/mol. The number of carbonyl (C=O) groups is 2. The average Bonchev–Trinajstić information content (AvgIpc) is 4.36. The van der Waals surface area contributed by atoms with Gasteiger partial charge in [0, 0.05) is 88.1 Å². The molecule has 6 aromatic rings. The molecule has 0 saturated heterocycles. The second-order valence-corrected chi connectivity index (χ2v) is 26.1. The van der Waals surface area contributed by atoms with E-state index >= 15 is 9.59 Å². The molecule has 0 unspecified atom stereocenters. The molecule has 0 N–H and O–H groups in total. The lowest BCUT2D eigenvalue weighted by Crippen LogP contribution is -2.68. The largest absolute Gasteiger partial charge is 0.744 e. The van der Waals surface area contributed by atoms with E-state index in [2.05, 4.69) is 0 Å². The summed E-state index contributed by atoms with van der Waals surface area (Å²) in [6.45, 7) is 0. The van der Waals surface area contributed by atoms with E-state index in [4.69, 9.17) is 85.2 Å². The van der Waals surface area contributed by atoms with Gasteiger partial charge in [0.1, 0.15) is 22.6 Å². The second kappa shape index (κ2) is 19.8. The molecule has 4 fully saturated rings. The monoisotopic (exact) mass is 1120 g/mol. The maximum Gasteiger partial charge on any atom is 0.744 e. The Morgan fingerprint density at radius 3 is 1.25 bits per heavy atom. The number of hydrogen-bond acceptors (Lipinski definition) is 10. The highest BCUT2D eigenvalue weighted by Crippen LogP contribution is 2.46. The van der Waals surface area contributed by atoms with E-state index in [1.165, 1.54) is 0 Å². The van der Waals surface area contributed by atoms with Crippen molar-refractivity contribution in [3.8, 4) is 0 Å². The summed E-state index contributed by atoms with van der Waals surface area (Å²) in [6, 6.07) is 21.6. The van der Waals surface area contributed by atoms with E-state index in [0.717, 1.165) is 128 Å². The first kappa shape index (κ1) is 49.5. The van der Waals surface area contributed by atoms with Crippen molar-refractivity contribution in [2.75, 3.05) is 0 Å². The maximum absolute atomic E-state index is 16.7. The van der Waals surface area contributed by atoms with Gasteiger partial charge < -0.3 is 18.7 Å². The fraction of sp³-hybridized carbons (Fsp3) is 0.414. The molecule has 6 bridgehead atoms. The summed E-state index contributed by atoms with van der Waals surface area (Å²) in [5.74, 6) is 1.75. The van der Waals surface area contributed by atoms with Crippen LogP contribution >= 0.6 is 46.4 Å². The number of nitrogens with zero attached hydrogens (tertiary/aromatic N) is 10. The van der Waals surface area contributed by atoms with Gasteiger partial charge in [-0.1, -0.05) is 123 Å². The first-order valence-electron chi connectivity index (χ1n) is 27.7. The molecular weight excluding hydrogens is 1070 g/mol. The summed E-state index contributed by atoms with van der Waals surface area (Å²) in [5, 5.41) is 4.05. The van der Waals surface area contributed by atoms with Crippen LogP contribution in [0.5, 0.6) is 0 Å². The molecule has 0 atom stereocenters. The van der Waals surface area contributed by atoms with Crippen molar-refractivity contribution in [2.24, 2.45) is 30.0 Å². The number of halogens is 4. The summed E-state index contributed by atoms with van der Waals surface area (Å²) in [4.78, 5) is 70.2. The summed E-state index contributed by atoms with van der Waals surface area (Å²) in [6.07, 6.45) is 17.7. The molecule has 2 aromatic heterocycles. The Bertz CT molecular complexity index is 3640. The number of amides is 2. The van der Waals surface area contributed by atoms with Crippen LogP contribution in [0.15, 0.2) is 103 Å². The zero-order valence-corrected chi connectivity index (χ0v) is 46.5. The van der Waals surface area contributed by atoms with Crippen molar-refractivity contribution < 1.29 is 18.4 Å². The lowest BCUT2D eigenvalue weighted by Gasteiger charge is -2.44. The molecule has 77 heavy (non-hydrogen) atoms. The first-order valence-corrected chi connectivity index (χ1v) is 30.9. The molecule has 19 heteroatoms. The van der Waals surface area contributed by atoms with Gasteiger partial charge in [0.15, 0.2) is 23.3 Å². The molecule has 0 spiro atoms. The van der Waals surface area contributed by atoms with E-state index < -0.39 is 21.1 Å². The van der Waals surface area contributed by atoms with E-state index in [9.17, 15) is 0 Å². The van der Waals surface area contributed by atoms with Crippen LogP contribution in [0.4, 0.5) is 21.2 Å². The van der Waals surface area contributed by atoms with Gasteiger partial charge >= 0.3 is 21.1 Å². The number of hydrogen-bond donors (Lipinski definition) is 0. The summed E-state index contributed by atoms with van der Waals surface area (Å²) in [7, 11) is -5.37. The van der Waals surface area contributed by atoms with E-state index in [-0.39, 0.29) is 46.8 Å². The topological polar surface area (TPSA) is 143 Å². The van der Waals surface area contributed by atoms with E-state index in [1.807, 2.05) is 58.3 Å². The Hall–Kier alpha value is -5.84. The molecule has 14 rings (SSSR count). The number of fused-ring (bicyclic) bond motifs is 14. The number of benzene rings is 4. The Balaban J connectivity index is 1.17. The fourth-order valence-electron chi connectivity index (χ4n) is 13.7. The Morgan fingerprint density at radius 2 is 0.766 bits per heavy atom. The second-order valence-electron chi connectivity index (χ2n) is 22.0. The third-order valence-electron chi connectivity index (χ3n) is 17.3. The van der Waals surface area contributed by atoms with Gasteiger partial charge in [-0.15, -0.1) is 0 Å². The average molecular weight is 1130 g/mol. The predicted octanol–water partition coefficient (Wildman–Crippen LogP) is 14.2. The van der Waals surface area contributed by atoms with Gasteiger partial charge in [-0.3, -0.25) is 8.47 Å². The molecule has 14 nitrogen and oxygen atoms in total. The van der Waals surface area contributed by atoms with Crippen LogP contribution < -0.4 is 11.0 Å². The smallest absolute Gasteiger partial charge is 0.435 e. The van der Waals surface area contributed by atoms with Crippen LogP contribution in [-0.2, 0) is 8.85 Å². The van der Waals surface area contributed by atoms with Crippen LogP contribution in [0.25, 0.3) is 21.5 Å². The minimum Gasteiger partial charge on any atom is -0.435 e. The van der Waals surface area contributed by atoms with Gasteiger partial charge in [-0.05, 0) is 124 Å². The zero-order chi connectivity index (χ0) is 52.1. The van der Waals surface area contributed by atoms with Gasteiger partial charge in [-0.2, -0.15) is 0 Å². The van der Waals surface area contributed by atoms with Crippen LogP contribution in [0.2, 0.25) is 20.1 Å². The Morgan fingerprint density at radius 1 is 0.403 bits per heavy atom. The van der Waals surface area contributed by atoms with Crippen LogP contribution in [0.1, 0.15) is 151 Å². The SMILES string of the molecule is O=C(O[Si]1(OC(=O)N(C2CCCCC2)C2CCCCC2)n2c3c4cc(Cl)ccc4c2N=C2N=C(N=c4c5cc(Cl)ccc5c(n41)=NC1=NC(=N3)c3ccc(Cl)cc31)c1ccc(Cl)cc12)N(C1CCCCC1)C1CCCCC1. The summed E-state index contributed by atoms with van der Waals surface area (Å²) >= 11 is 27.9. The van der Waals surface area contributed by atoms with Crippen LogP contribution in [0, 0.1) is 0 Å². The quantitative estimate of drug-likeness (QED) is 0.153. The minimum atomic E-state index is -5.37. The van der Waals surface area contributed by atoms with Gasteiger partial charge in [-0.25, -0.2) is 39.5 Å². The molecule has 4 aliphatic carbocycles. The third kappa shape index (κ3) is 8.47. The molecule has 2 amide bonds. The lowest BCUT2D eigenvalue weighted by molar-refractivity contribution is 0.0485. The van der Waals surface area contributed by atoms with Crippen molar-refractivity contribution in [1.82, 2.24) is 18.3 Å². The standard InChI is InChI=1S/C58H56Cl4N10O4Si/c59-33-21-25-41-45(29-33)51-63-49(41)65-55-47-31-35(61)23-27-43(47)54-68-52-46-30-34(60)22-26-42(46)50(64-52)66-56-48-32-36(62)24-28-44(48)53(67-51)72(56)77(71(54)55,75-57(73)69(37-13-5-1-6-14-37)38-15-7-2-8-16-38)76-58(74)70(39-17-9-3-10-18-39)40-19-11-4-12-20-40/h21-32,37-40H,1-20H2. The number of rotatable bonds is 6. The lowest BCUT2D eigenvalue weighted by atomic mass is 9.89. The number of aromatic nitrogens is 2. The summed E-state index contributed by atoms with van der Waals surface area (Å²) in [5.41, 5.74) is 3.12. The fourth-order valence-corrected chi connectivity index (χ4v) is 17.4. The van der Waals surface area contributed by atoms with Crippen LogP contribution in [-0.4, -0.2) is 86.8 Å². The zero-order valence-electron chi connectivity index (χ0n) is 42.5. The molecule has 4 aliphatic heterocycles. The molecule has 8 aliphatic rings. The van der Waals surface area contributed by atoms with E-state index in [0.29, 0.717) is 87.2 Å². The normalized spacial score (nSPS) is 20.2. The van der Waals surface area contributed by atoms with Crippen LogP contribution in [0.3, 0.4) is 0 Å². The van der Waals surface area contributed by atoms with Gasteiger partial charge in [0.05, 0.1) is 0 Å². The molecule has 0 radical (unpaired) electrons. The van der Waals surface area contributed by atoms with Crippen molar-refractivity contribution in [3.05, 3.63) is 126 Å². The molecular formula is C58H56Cl4N10O4Si. The highest BCUT2D eigenvalue weighted by Gasteiger charge is 2.62. The Kier molecular flexibility index (Phi) is 12.7. The number of carbonyl (C=O) groups excluding carboxylic acids is 2. The Labute approximate surface area is 466 Å². The molecule has 6 heterocycles.